The van der Waals surface area contributed by atoms with E-state index in [1.165, 1.54) is 31.7 Å². The van der Waals surface area contributed by atoms with E-state index in [1.807, 2.05) is 6.20 Å². The molecule has 4 nitrogen and oxygen atoms in total. The average molecular weight is 276 g/mol. The Balaban J connectivity index is 1.74. The van der Waals surface area contributed by atoms with Gasteiger partial charge in [0.25, 0.3) is 0 Å². The molecule has 1 aliphatic rings. The number of piperazine rings is 1. The molecule has 1 aliphatic heterocycles. The molecule has 2 rings (SSSR count). The van der Waals surface area contributed by atoms with Crippen LogP contribution in [-0.2, 0) is 5.41 Å². The SMILES string of the molecule is CN1CCN(CCNc2ccc(C(C)(C)C)cn2)CC1. The van der Waals surface area contributed by atoms with Gasteiger partial charge in [-0.05, 0) is 24.1 Å². The molecule has 0 saturated carbocycles. The summed E-state index contributed by atoms with van der Waals surface area (Å²) < 4.78 is 0. The minimum atomic E-state index is 0.172. The molecule has 1 aromatic heterocycles. The second-order valence-electron chi connectivity index (χ2n) is 6.75. The molecule has 2 heterocycles. The number of hydrogen-bond donors (Lipinski definition) is 1. The molecule has 4 heteroatoms. The summed E-state index contributed by atoms with van der Waals surface area (Å²) >= 11 is 0. The van der Waals surface area contributed by atoms with Gasteiger partial charge in [0.15, 0.2) is 0 Å². The lowest BCUT2D eigenvalue weighted by atomic mass is 9.88. The molecule has 1 N–H and O–H groups in total. The van der Waals surface area contributed by atoms with E-state index in [0.29, 0.717) is 0 Å². The molecule has 0 aliphatic carbocycles. The molecule has 0 unspecified atom stereocenters. The lowest BCUT2D eigenvalue weighted by Gasteiger charge is -2.32. The van der Waals surface area contributed by atoms with Crippen LogP contribution in [0.2, 0.25) is 0 Å². The summed E-state index contributed by atoms with van der Waals surface area (Å²) in [7, 11) is 2.19. The fourth-order valence-corrected chi connectivity index (χ4v) is 2.36. The third-order valence-corrected chi connectivity index (χ3v) is 3.96. The largest absolute Gasteiger partial charge is 0.369 e. The summed E-state index contributed by atoms with van der Waals surface area (Å²) in [4.78, 5) is 9.40. The third-order valence-electron chi connectivity index (χ3n) is 3.96. The second-order valence-corrected chi connectivity index (χ2v) is 6.75. The molecule has 0 atom stereocenters. The first-order valence-electron chi connectivity index (χ1n) is 7.56. The minimum Gasteiger partial charge on any atom is -0.369 e. The summed E-state index contributed by atoms with van der Waals surface area (Å²) in [6, 6.07) is 4.26. The standard InChI is InChI=1S/C16H28N4/c1-16(2,3)14-5-6-15(18-13-14)17-7-8-20-11-9-19(4)10-12-20/h5-6,13H,7-12H2,1-4H3,(H,17,18). The molecular weight excluding hydrogens is 248 g/mol. The van der Waals surface area contributed by atoms with Crippen molar-refractivity contribution in [1.82, 2.24) is 14.8 Å². The van der Waals surface area contributed by atoms with Gasteiger partial charge in [0, 0.05) is 45.5 Å². The van der Waals surface area contributed by atoms with Gasteiger partial charge >= 0.3 is 0 Å². The van der Waals surface area contributed by atoms with Crippen molar-refractivity contribution in [3.8, 4) is 0 Å². The molecular formula is C16H28N4. The summed E-state index contributed by atoms with van der Waals surface area (Å²) in [5, 5.41) is 3.42. The van der Waals surface area contributed by atoms with Crippen molar-refractivity contribution in [2.24, 2.45) is 0 Å². The van der Waals surface area contributed by atoms with Crippen molar-refractivity contribution in [2.75, 3.05) is 51.6 Å². The van der Waals surface area contributed by atoms with E-state index in [2.05, 4.69) is 60.1 Å². The average Bonchev–Trinajstić information content (AvgIpc) is 2.41. The smallest absolute Gasteiger partial charge is 0.125 e. The maximum Gasteiger partial charge on any atom is 0.125 e. The highest BCUT2D eigenvalue weighted by atomic mass is 15.2. The highest BCUT2D eigenvalue weighted by Gasteiger charge is 2.14. The first-order chi connectivity index (χ1) is 9.45. The zero-order valence-corrected chi connectivity index (χ0v) is 13.3. The van der Waals surface area contributed by atoms with Gasteiger partial charge in [-0.1, -0.05) is 26.8 Å². The summed E-state index contributed by atoms with van der Waals surface area (Å²) in [6.45, 7) is 13.4. The number of aromatic nitrogens is 1. The van der Waals surface area contributed by atoms with Crippen molar-refractivity contribution in [3.05, 3.63) is 23.9 Å². The number of nitrogens with zero attached hydrogens (tertiary/aromatic N) is 3. The normalized spacial score (nSPS) is 18.2. The highest BCUT2D eigenvalue weighted by molar-refractivity contribution is 5.37. The Labute approximate surface area is 123 Å². The van der Waals surface area contributed by atoms with Crippen LogP contribution in [-0.4, -0.2) is 61.1 Å². The van der Waals surface area contributed by atoms with Crippen LogP contribution in [0.25, 0.3) is 0 Å². The van der Waals surface area contributed by atoms with E-state index in [1.54, 1.807) is 0 Å². The van der Waals surface area contributed by atoms with Crippen LogP contribution in [0, 0.1) is 0 Å². The van der Waals surface area contributed by atoms with Gasteiger partial charge in [0.1, 0.15) is 5.82 Å². The fraction of sp³-hybridized carbons (Fsp3) is 0.688. The van der Waals surface area contributed by atoms with Gasteiger partial charge in [-0.15, -0.1) is 0 Å². The van der Waals surface area contributed by atoms with Crippen LogP contribution in [0.3, 0.4) is 0 Å². The predicted octanol–water partition coefficient (Wildman–Crippen LogP) is 2.04. The quantitative estimate of drug-likeness (QED) is 0.912. The molecule has 1 saturated heterocycles. The van der Waals surface area contributed by atoms with E-state index in [0.717, 1.165) is 18.9 Å². The van der Waals surface area contributed by atoms with Gasteiger partial charge in [0.05, 0.1) is 0 Å². The van der Waals surface area contributed by atoms with E-state index < -0.39 is 0 Å². The zero-order valence-electron chi connectivity index (χ0n) is 13.3. The van der Waals surface area contributed by atoms with E-state index in [-0.39, 0.29) is 5.41 Å². The molecule has 0 bridgehead atoms. The van der Waals surface area contributed by atoms with Crippen molar-refractivity contribution in [2.45, 2.75) is 26.2 Å². The first kappa shape index (κ1) is 15.3. The minimum absolute atomic E-state index is 0.172. The molecule has 1 fully saturated rings. The Kier molecular flexibility index (Phi) is 5.00. The van der Waals surface area contributed by atoms with Crippen LogP contribution in [0.5, 0.6) is 0 Å². The van der Waals surface area contributed by atoms with Gasteiger partial charge in [-0.2, -0.15) is 0 Å². The number of pyridine rings is 1. The number of hydrogen-bond acceptors (Lipinski definition) is 4. The molecule has 0 spiro atoms. The van der Waals surface area contributed by atoms with Gasteiger partial charge in [-0.25, -0.2) is 4.98 Å². The summed E-state index contributed by atoms with van der Waals surface area (Å²) in [5.41, 5.74) is 1.45. The molecule has 20 heavy (non-hydrogen) atoms. The first-order valence-corrected chi connectivity index (χ1v) is 7.56. The van der Waals surface area contributed by atoms with Gasteiger partial charge in [0.2, 0.25) is 0 Å². The van der Waals surface area contributed by atoms with Crippen LogP contribution < -0.4 is 5.32 Å². The number of anilines is 1. The van der Waals surface area contributed by atoms with E-state index >= 15 is 0 Å². The second kappa shape index (κ2) is 6.55. The van der Waals surface area contributed by atoms with Gasteiger partial charge < -0.3 is 10.2 Å². The summed E-state index contributed by atoms with van der Waals surface area (Å²) in [6.07, 6.45) is 1.98. The number of nitrogens with one attached hydrogen (secondary N) is 1. The Morgan fingerprint density at radius 1 is 1.15 bits per heavy atom. The number of likely N-dealkylation sites (N-methyl/N-ethyl adjacent to an activating group) is 1. The van der Waals surface area contributed by atoms with Crippen LogP contribution >= 0.6 is 0 Å². The lowest BCUT2D eigenvalue weighted by Crippen LogP contribution is -2.45. The van der Waals surface area contributed by atoms with E-state index in [9.17, 15) is 0 Å². The maximum atomic E-state index is 4.50. The maximum absolute atomic E-state index is 4.50. The number of rotatable bonds is 4. The van der Waals surface area contributed by atoms with Gasteiger partial charge in [-0.3, -0.25) is 4.90 Å². The topological polar surface area (TPSA) is 31.4 Å². The fourth-order valence-electron chi connectivity index (χ4n) is 2.36. The van der Waals surface area contributed by atoms with Crippen LogP contribution in [0.1, 0.15) is 26.3 Å². The van der Waals surface area contributed by atoms with E-state index in [4.69, 9.17) is 0 Å². The molecule has 1 aromatic rings. The molecule has 0 radical (unpaired) electrons. The van der Waals surface area contributed by atoms with Crippen molar-refractivity contribution in [1.29, 1.82) is 0 Å². The highest BCUT2D eigenvalue weighted by Crippen LogP contribution is 2.21. The predicted molar refractivity (Wildman–Crippen MR) is 85.4 cm³/mol. The lowest BCUT2D eigenvalue weighted by molar-refractivity contribution is 0.158. The molecule has 0 aromatic carbocycles. The third kappa shape index (κ3) is 4.46. The monoisotopic (exact) mass is 276 g/mol. The molecule has 0 amide bonds. The van der Waals surface area contributed by atoms with Crippen molar-refractivity contribution >= 4 is 5.82 Å². The van der Waals surface area contributed by atoms with Crippen molar-refractivity contribution < 1.29 is 0 Å². The zero-order chi connectivity index (χ0) is 14.6. The van der Waals surface area contributed by atoms with Crippen LogP contribution in [0.15, 0.2) is 18.3 Å². The Hall–Kier alpha value is -1.13. The Morgan fingerprint density at radius 3 is 2.40 bits per heavy atom. The Bertz CT molecular complexity index is 399. The Morgan fingerprint density at radius 2 is 1.85 bits per heavy atom. The summed E-state index contributed by atoms with van der Waals surface area (Å²) in [5.74, 6) is 0.979. The van der Waals surface area contributed by atoms with Crippen molar-refractivity contribution in [3.63, 3.8) is 0 Å². The molecule has 112 valence electrons. The van der Waals surface area contributed by atoms with Crippen LogP contribution in [0.4, 0.5) is 5.82 Å².